The van der Waals surface area contributed by atoms with E-state index >= 15 is 0 Å². The first-order chi connectivity index (χ1) is 18.1. The van der Waals surface area contributed by atoms with Crippen molar-refractivity contribution in [1.82, 2.24) is 15.3 Å². The molecular weight excluding hydrogens is 460 g/mol. The maximum Gasteiger partial charge on any atom is 0.244 e. The maximum absolute atomic E-state index is 13.4. The number of carbonyl (C=O) groups excluding carboxylic acids is 1. The van der Waals surface area contributed by atoms with Crippen LogP contribution in [0, 0.1) is 11.3 Å². The first-order valence-electron chi connectivity index (χ1n) is 12.8. The number of fused-ring (bicyclic) bond motifs is 1. The second-order valence-electron chi connectivity index (χ2n) is 9.52. The summed E-state index contributed by atoms with van der Waals surface area (Å²) in [5.74, 6) is -0.794. The molecule has 2 N–H and O–H groups in total. The largest absolute Gasteiger partial charge is 0.348 e. The van der Waals surface area contributed by atoms with E-state index in [4.69, 9.17) is 9.97 Å². The van der Waals surface area contributed by atoms with Gasteiger partial charge in [-0.1, -0.05) is 72.8 Å². The van der Waals surface area contributed by atoms with Crippen molar-refractivity contribution in [2.75, 3.05) is 31.1 Å². The predicted molar refractivity (Wildman–Crippen MR) is 144 cm³/mol. The summed E-state index contributed by atoms with van der Waals surface area (Å²) in [5.41, 5.74) is 4.17. The summed E-state index contributed by atoms with van der Waals surface area (Å²) in [4.78, 5) is 26.8. The van der Waals surface area contributed by atoms with Crippen molar-refractivity contribution in [2.45, 2.75) is 25.4 Å². The molecule has 1 fully saturated rings. The van der Waals surface area contributed by atoms with Crippen molar-refractivity contribution in [3.63, 3.8) is 0 Å². The Hall–Kier alpha value is -4.28. The Morgan fingerprint density at radius 2 is 1.54 bits per heavy atom. The van der Waals surface area contributed by atoms with Gasteiger partial charge in [-0.2, -0.15) is 5.26 Å². The van der Waals surface area contributed by atoms with Gasteiger partial charge in [0.25, 0.3) is 0 Å². The molecule has 37 heavy (non-hydrogen) atoms. The number of amides is 1. The minimum absolute atomic E-state index is 0.230. The average Bonchev–Trinajstić information content (AvgIpc) is 2.94. The van der Waals surface area contributed by atoms with Gasteiger partial charge in [-0.15, -0.1) is 0 Å². The van der Waals surface area contributed by atoms with Crippen molar-refractivity contribution in [3.8, 4) is 6.07 Å². The highest BCUT2D eigenvalue weighted by atomic mass is 16.2. The molecule has 2 atom stereocenters. The molecule has 1 aliphatic rings. The van der Waals surface area contributed by atoms with E-state index in [0.29, 0.717) is 17.0 Å². The minimum Gasteiger partial charge on any atom is -0.348 e. The second kappa shape index (κ2) is 11.2. The molecule has 1 aromatic heterocycles. The number of benzene rings is 3. The number of anilines is 1. The molecule has 1 aliphatic heterocycles. The van der Waals surface area contributed by atoms with Gasteiger partial charge in [0.2, 0.25) is 5.91 Å². The Morgan fingerprint density at radius 3 is 2.19 bits per heavy atom. The van der Waals surface area contributed by atoms with Crippen LogP contribution in [0.4, 0.5) is 5.82 Å². The molecule has 1 saturated heterocycles. The molecule has 1 amide bonds. The normalized spacial score (nSPS) is 15.6. The SMILES string of the molecule is C[C@@H](NC(=O)[C@H](C#N)c1nc2ccccc2nc1N1CC[NH+](Cc2ccccc2)CC1)c1ccccc1. The zero-order chi connectivity index (χ0) is 25.6. The molecule has 0 unspecified atom stereocenters. The van der Waals surface area contributed by atoms with Crippen LogP contribution in [-0.2, 0) is 11.3 Å². The van der Waals surface area contributed by atoms with Gasteiger partial charge in [0.05, 0.1) is 49.3 Å². The third-order valence-electron chi connectivity index (χ3n) is 6.97. The molecule has 0 saturated carbocycles. The molecule has 5 rings (SSSR count). The number of aromatic nitrogens is 2. The number of nitrogens with zero attached hydrogens (tertiary/aromatic N) is 4. The molecule has 0 bridgehead atoms. The monoisotopic (exact) mass is 491 g/mol. The predicted octanol–water partition coefficient (Wildman–Crippen LogP) is 3.02. The lowest BCUT2D eigenvalue weighted by Crippen LogP contribution is -3.13. The number of para-hydroxylation sites is 2. The van der Waals surface area contributed by atoms with Crippen molar-refractivity contribution in [1.29, 1.82) is 5.26 Å². The van der Waals surface area contributed by atoms with E-state index < -0.39 is 5.92 Å². The number of rotatable bonds is 7. The molecule has 0 radical (unpaired) electrons. The molecule has 2 heterocycles. The van der Waals surface area contributed by atoms with Crippen molar-refractivity contribution in [2.24, 2.45) is 0 Å². The fraction of sp³-hybridized carbons (Fsp3) is 0.267. The number of piperazine rings is 1. The Bertz CT molecular complexity index is 1390. The van der Waals surface area contributed by atoms with Gasteiger partial charge in [-0.3, -0.25) is 4.79 Å². The van der Waals surface area contributed by atoms with Crippen LogP contribution in [0.3, 0.4) is 0 Å². The first kappa shape index (κ1) is 24.4. The van der Waals surface area contributed by atoms with Crippen LogP contribution in [0.1, 0.15) is 35.7 Å². The minimum atomic E-state index is -1.06. The van der Waals surface area contributed by atoms with Crippen LogP contribution >= 0.6 is 0 Å². The number of quaternary nitrogens is 1. The van der Waals surface area contributed by atoms with Gasteiger partial charge in [0.15, 0.2) is 11.7 Å². The lowest BCUT2D eigenvalue weighted by molar-refractivity contribution is -0.914. The van der Waals surface area contributed by atoms with E-state index in [1.807, 2.05) is 67.6 Å². The van der Waals surface area contributed by atoms with Gasteiger partial charge in [0.1, 0.15) is 12.2 Å². The Morgan fingerprint density at radius 1 is 0.946 bits per heavy atom. The lowest BCUT2D eigenvalue weighted by atomic mass is 10.0. The molecule has 0 aliphatic carbocycles. The molecule has 186 valence electrons. The summed E-state index contributed by atoms with van der Waals surface area (Å²) in [6.45, 7) is 6.34. The maximum atomic E-state index is 13.4. The number of carbonyl (C=O) groups is 1. The third kappa shape index (κ3) is 5.60. The fourth-order valence-electron chi connectivity index (χ4n) is 4.89. The van der Waals surface area contributed by atoms with Gasteiger partial charge in [0, 0.05) is 5.56 Å². The van der Waals surface area contributed by atoms with Crippen molar-refractivity contribution >= 4 is 22.8 Å². The van der Waals surface area contributed by atoms with Gasteiger partial charge in [-0.25, -0.2) is 9.97 Å². The number of nitriles is 1. The Labute approximate surface area is 217 Å². The van der Waals surface area contributed by atoms with E-state index in [0.717, 1.165) is 43.8 Å². The molecule has 0 spiro atoms. The van der Waals surface area contributed by atoms with Crippen LogP contribution in [0.15, 0.2) is 84.9 Å². The highest BCUT2D eigenvalue weighted by Crippen LogP contribution is 2.28. The van der Waals surface area contributed by atoms with E-state index in [2.05, 4.69) is 40.6 Å². The Balaban J connectivity index is 1.39. The van der Waals surface area contributed by atoms with Crippen LogP contribution in [0.5, 0.6) is 0 Å². The number of nitrogens with one attached hydrogen (secondary N) is 2. The zero-order valence-electron chi connectivity index (χ0n) is 21.0. The van der Waals surface area contributed by atoms with E-state index in [-0.39, 0.29) is 11.9 Å². The van der Waals surface area contributed by atoms with Crippen LogP contribution < -0.4 is 15.1 Å². The van der Waals surface area contributed by atoms with Crippen LogP contribution in [0.2, 0.25) is 0 Å². The van der Waals surface area contributed by atoms with Crippen molar-refractivity contribution in [3.05, 3.63) is 102 Å². The van der Waals surface area contributed by atoms with Gasteiger partial charge < -0.3 is 15.1 Å². The number of hydrogen-bond acceptors (Lipinski definition) is 5. The molecule has 7 heteroatoms. The summed E-state index contributed by atoms with van der Waals surface area (Å²) < 4.78 is 0. The van der Waals surface area contributed by atoms with Crippen molar-refractivity contribution < 1.29 is 9.69 Å². The van der Waals surface area contributed by atoms with Crippen LogP contribution in [0.25, 0.3) is 11.0 Å². The highest BCUT2D eigenvalue weighted by Gasteiger charge is 2.31. The third-order valence-corrected chi connectivity index (χ3v) is 6.97. The molecule has 3 aromatic carbocycles. The quantitative estimate of drug-likeness (QED) is 0.415. The summed E-state index contributed by atoms with van der Waals surface area (Å²) in [6, 6.07) is 29.9. The van der Waals surface area contributed by atoms with E-state index in [1.165, 1.54) is 10.5 Å². The summed E-state index contributed by atoms with van der Waals surface area (Å²) >= 11 is 0. The second-order valence-corrected chi connectivity index (χ2v) is 9.52. The van der Waals surface area contributed by atoms with Crippen LogP contribution in [-0.4, -0.2) is 42.1 Å². The van der Waals surface area contributed by atoms with E-state index in [9.17, 15) is 10.1 Å². The summed E-state index contributed by atoms with van der Waals surface area (Å²) in [6.07, 6.45) is 0. The topological polar surface area (TPSA) is 86.3 Å². The van der Waals surface area contributed by atoms with Gasteiger partial charge in [-0.05, 0) is 24.6 Å². The smallest absolute Gasteiger partial charge is 0.244 e. The first-order valence-corrected chi connectivity index (χ1v) is 12.8. The fourth-order valence-corrected chi connectivity index (χ4v) is 4.89. The lowest BCUT2D eigenvalue weighted by Gasteiger charge is -2.34. The molecule has 4 aromatic rings. The highest BCUT2D eigenvalue weighted by molar-refractivity contribution is 5.89. The molecular formula is C30H31N6O+. The number of hydrogen-bond donors (Lipinski definition) is 2. The zero-order valence-corrected chi connectivity index (χ0v) is 21.0. The summed E-state index contributed by atoms with van der Waals surface area (Å²) in [7, 11) is 0. The standard InChI is InChI=1S/C30H30N6O/c1-22(24-12-6-3-7-13-24)32-30(37)25(20-31)28-29(34-27-15-9-8-14-26(27)33-28)36-18-16-35(17-19-36)21-23-10-4-2-5-11-23/h2-15,22,25H,16-19,21H2,1H3,(H,32,37)/p+1/t22-,25-/m1/s1. The van der Waals surface area contributed by atoms with E-state index in [1.54, 1.807) is 0 Å². The van der Waals surface area contributed by atoms with Gasteiger partial charge >= 0.3 is 0 Å². The molecule has 7 nitrogen and oxygen atoms in total. The summed E-state index contributed by atoms with van der Waals surface area (Å²) in [5, 5.41) is 13.1. The Kier molecular flexibility index (Phi) is 7.38. The average molecular weight is 492 g/mol.